The Bertz CT molecular complexity index is 1500. The number of ether oxygens (including phenoxy) is 2. The van der Waals surface area contributed by atoms with Crippen LogP contribution >= 0.6 is 11.8 Å². The van der Waals surface area contributed by atoms with Crippen molar-refractivity contribution in [1.82, 2.24) is 20.2 Å². The van der Waals surface area contributed by atoms with Gasteiger partial charge in [-0.3, -0.25) is 4.72 Å². The molecule has 0 radical (unpaired) electrons. The van der Waals surface area contributed by atoms with Gasteiger partial charge in [-0.25, -0.2) is 13.1 Å². The number of tetrazole rings is 1. The fourth-order valence-corrected chi connectivity index (χ4v) is 6.46. The molecule has 1 aliphatic heterocycles. The van der Waals surface area contributed by atoms with Crippen molar-refractivity contribution in [3.8, 4) is 0 Å². The van der Waals surface area contributed by atoms with Crippen molar-refractivity contribution < 1.29 is 23.0 Å². The molecule has 0 amide bonds. The molecule has 0 spiro atoms. The van der Waals surface area contributed by atoms with Gasteiger partial charge in [0, 0.05) is 30.0 Å². The fraction of sp³-hybridized carbons (Fsp3) is 0.296. The molecular weight excluding hydrogens is 538 g/mol. The summed E-state index contributed by atoms with van der Waals surface area (Å²) in [5, 5.41) is 21.8. The van der Waals surface area contributed by atoms with Crippen molar-refractivity contribution in [2.24, 2.45) is 13.0 Å². The van der Waals surface area contributed by atoms with Crippen molar-refractivity contribution in [1.29, 1.82) is 0 Å². The monoisotopic (exact) mass is 567 g/mol. The van der Waals surface area contributed by atoms with Crippen LogP contribution in [0.5, 0.6) is 0 Å². The summed E-state index contributed by atoms with van der Waals surface area (Å²) in [5.41, 5.74) is 2.86. The number of aliphatic hydroxyl groups is 1. The second-order valence-electron chi connectivity index (χ2n) is 9.26. The van der Waals surface area contributed by atoms with Crippen LogP contribution in [0.3, 0.4) is 0 Å². The Morgan fingerprint density at radius 3 is 2.46 bits per heavy atom. The van der Waals surface area contributed by atoms with Crippen LogP contribution in [-0.2, 0) is 33.2 Å². The third-order valence-corrected chi connectivity index (χ3v) is 9.04. The number of sulfonamides is 1. The number of benzene rings is 3. The Balaban J connectivity index is 1.41. The molecule has 1 fully saturated rings. The van der Waals surface area contributed by atoms with Crippen molar-refractivity contribution in [3.63, 3.8) is 0 Å². The lowest BCUT2D eigenvalue weighted by Gasteiger charge is -2.41. The Morgan fingerprint density at radius 2 is 1.77 bits per heavy atom. The molecule has 5 rings (SSSR count). The highest BCUT2D eigenvalue weighted by Gasteiger charge is 2.38. The Morgan fingerprint density at radius 1 is 1.00 bits per heavy atom. The molecule has 12 heteroatoms. The molecule has 39 heavy (non-hydrogen) atoms. The molecule has 3 aromatic carbocycles. The predicted molar refractivity (Wildman–Crippen MR) is 146 cm³/mol. The first kappa shape index (κ1) is 27.3. The van der Waals surface area contributed by atoms with Gasteiger partial charge in [0.1, 0.15) is 0 Å². The predicted octanol–water partition coefficient (Wildman–Crippen LogP) is 4.09. The SMILES string of the molecule is C[C@H]1[C@@H](CSc2nnnn2C)OC(c2cccc(NS(=O)(=O)c3ccccc3)c2)O[C@H]1c1ccc(CO)cc1. The second kappa shape index (κ2) is 11.8. The Hall–Kier alpha value is -3.29. The molecule has 4 aromatic rings. The van der Waals surface area contributed by atoms with Gasteiger partial charge < -0.3 is 14.6 Å². The number of anilines is 1. The molecule has 10 nitrogen and oxygen atoms in total. The average Bonchev–Trinajstić information content (AvgIpc) is 3.37. The third-order valence-electron chi connectivity index (χ3n) is 6.55. The lowest BCUT2D eigenvalue weighted by molar-refractivity contribution is -0.268. The lowest BCUT2D eigenvalue weighted by atomic mass is 9.91. The van der Waals surface area contributed by atoms with E-state index in [-0.39, 0.29) is 29.6 Å². The smallest absolute Gasteiger partial charge is 0.261 e. The van der Waals surface area contributed by atoms with E-state index in [0.717, 1.165) is 11.1 Å². The van der Waals surface area contributed by atoms with E-state index >= 15 is 0 Å². The standard InChI is InChI=1S/C27H29N5O5S2/c1-18-24(17-38-27-28-30-31-32(27)2)36-26(37-25(18)20-13-11-19(16-33)12-14-20)21-7-6-8-22(15-21)29-39(34,35)23-9-4-3-5-10-23/h3-15,18,24-26,29,33H,16-17H2,1-2H3/t18-,24+,25+,26?/m0/s1. The topological polar surface area (TPSA) is 128 Å². The summed E-state index contributed by atoms with van der Waals surface area (Å²) >= 11 is 1.49. The van der Waals surface area contributed by atoms with Gasteiger partial charge in [-0.2, -0.15) is 0 Å². The van der Waals surface area contributed by atoms with E-state index in [1.807, 2.05) is 30.3 Å². The molecule has 2 heterocycles. The number of nitrogens with one attached hydrogen (secondary N) is 1. The van der Waals surface area contributed by atoms with E-state index in [9.17, 15) is 13.5 Å². The largest absolute Gasteiger partial charge is 0.392 e. The van der Waals surface area contributed by atoms with Gasteiger partial charge in [0.05, 0.1) is 23.7 Å². The van der Waals surface area contributed by atoms with Crippen LogP contribution in [-0.4, -0.2) is 45.6 Å². The van der Waals surface area contributed by atoms with Crippen molar-refractivity contribution in [2.75, 3.05) is 10.5 Å². The number of hydrogen-bond acceptors (Lipinski definition) is 9. The van der Waals surface area contributed by atoms with Crippen molar-refractivity contribution >= 4 is 27.5 Å². The summed E-state index contributed by atoms with van der Waals surface area (Å²) in [6.45, 7) is 2.04. The summed E-state index contributed by atoms with van der Waals surface area (Å²) in [6, 6.07) is 22.9. The van der Waals surface area contributed by atoms with Crippen molar-refractivity contribution in [2.45, 2.75) is 42.1 Å². The number of rotatable bonds is 9. The molecule has 1 saturated heterocycles. The van der Waals surface area contributed by atoms with E-state index in [1.54, 1.807) is 60.3 Å². The number of aromatic nitrogens is 4. The van der Waals surface area contributed by atoms with Gasteiger partial charge in [-0.1, -0.05) is 73.3 Å². The Kier molecular flexibility index (Phi) is 8.29. The van der Waals surface area contributed by atoms with Gasteiger partial charge in [-0.05, 0) is 45.8 Å². The third kappa shape index (κ3) is 6.31. The summed E-state index contributed by atoms with van der Waals surface area (Å²) in [4.78, 5) is 0.177. The molecule has 4 atom stereocenters. The molecule has 0 saturated carbocycles. The summed E-state index contributed by atoms with van der Waals surface area (Å²) in [6.07, 6.45) is -1.27. The van der Waals surface area contributed by atoms with Crippen LogP contribution in [0.15, 0.2) is 88.9 Å². The summed E-state index contributed by atoms with van der Waals surface area (Å²) in [5.74, 6) is 0.565. The normalized spacial score (nSPS) is 21.5. The second-order valence-corrected chi connectivity index (χ2v) is 11.9. The van der Waals surface area contributed by atoms with E-state index in [1.165, 1.54) is 11.8 Å². The minimum Gasteiger partial charge on any atom is -0.392 e. The number of aryl methyl sites for hydroxylation is 1. The summed E-state index contributed by atoms with van der Waals surface area (Å²) in [7, 11) is -1.97. The maximum atomic E-state index is 12.9. The van der Waals surface area contributed by atoms with Crippen LogP contribution in [0.2, 0.25) is 0 Å². The highest BCUT2D eigenvalue weighted by Crippen LogP contribution is 2.43. The first-order valence-corrected chi connectivity index (χ1v) is 14.8. The highest BCUT2D eigenvalue weighted by molar-refractivity contribution is 7.99. The first-order chi connectivity index (χ1) is 18.8. The number of nitrogens with zero attached hydrogens (tertiary/aromatic N) is 4. The van der Waals surface area contributed by atoms with Crippen LogP contribution in [0.25, 0.3) is 0 Å². The maximum Gasteiger partial charge on any atom is 0.261 e. The van der Waals surface area contributed by atoms with E-state index in [0.29, 0.717) is 22.2 Å². The van der Waals surface area contributed by atoms with E-state index < -0.39 is 16.3 Å². The Labute approximate surface area is 231 Å². The quantitative estimate of drug-likeness (QED) is 0.287. The minimum absolute atomic E-state index is 0.0188. The molecule has 1 aliphatic rings. The molecule has 2 N–H and O–H groups in total. The first-order valence-electron chi connectivity index (χ1n) is 12.4. The highest BCUT2D eigenvalue weighted by atomic mass is 32.2. The van der Waals surface area contributed by atoms with Gasteiger partial charge in [-0.15, -0.1) is 5.10 Å². The number of aliphatic hydroxyl groups excluding tert-OH is 1. The fourth-order valence-electron chi connectivity index (χ4n) is 4.37. The van der Waals surface area contributed by atoms with E-state index in [2.05, 4.69) is 27.2 Å². The molecule has 0 bridgehead atoms. The minimum atomic E-state index is -3.76. The lowest BCUT2D eigenvalue weighted by Crippen LogP contribution is -2.38. The molecular formula is C27H29N5O5S2. The van der Waals surface area contributed by atoms with Gasteiger partial charge in [0.15, 0.2) is 6.29 Å². The van der Waals surface area contributed by atoms with Crippen LogP contribution in [0, 0.1) is 5.92 Å². The van der Waals surface area contributed by atoms with Crippen LogP contribution < -0.4 is 4.72 Å². The van der Waals surface area contributed by atoms with Gasteiger partial charge in [0.2, 0.25) is 5.16 Å². The average molecular weight is 568 g/mol. The molecule has 1 unspecified atom stereocenters. The van der Waals surface area contributed by atoms with Crippen LogP contribution in [0.1, 0.15) is 36.0 Å². The molecule has 204 valence electrons. The van der Waals surface area contributed by atoms with Gasteiger partial charge >= 0.3 is 0 Å². The number of hydrogen-bond donors (Lipinski definition) is 2. The maximum absolute atomic E-state index is 12.9. The van der Waals surface area contributed by atoms with Gasteiger partial charge in [0.25, 0.3) is 10.0 Å². The zero-order chi connectivity index (χ0) is 27.4. The van der Waals surface area contributed by atoms with E-state index in [4.69, 9.17) is 9.47 Å². The molecule has 0 aliphatic carbocycles. The zero-order valence-electron chi connectivity index (χ0n) is 21.4. The van der Waals surface area contributed by atoms with Crippen LogP contribution in [0.4, 0.5) is 5.69 Å². The number of thioether (sulfide) groups is 1. The summed E-state index contributed by atoms with van der Waals surface area (Å²) < 4.78 is 43.0. The molecule has 1 aromatic heterocycles. The van der Waals surface area contributed by atoms with Crippen molar-refractivity contribution in [3.05, 3.63) is 95.6 Å². The zero-order valence-corrected chi connectivity index (χ0v) is 23.0.